The summed E-state index contributed by atoms with van der Waals surface area (Å²) < 4.78 is 38.8. The lowest BCUT2D eigenvalue weighted by Crippen LogP contribution is -2.23. The first kappa shape index (κ1) is 16.2. The van der Waals surface area contributed by atoms with Gasteiger partial charge in [-0.25, -0.2) is 5.43 Å². The van der Waals surface area contributed by atoms with E-state index >= 15 is 0 Å². The highest BCUT2D eigenvalue weighted by molar-refractivity contribution is 9.10. The summed E-state index contributed by atoms with van der Waals surface area (Å²) >= 11 is 3.31. The standard InChI is InChI=1S/C13H10BrF3N4O/c14-10-4-2-1-3-9(10)7-18-19-12(22)8-21-6-5-11(20-21)13(15,16)17/h1-7H,8H2,(H,19,22)/b18-7+. The van der Waals surface area contributed by atoms with Crippen molar-refractivity contribution in [3.63, 3.8) is 0 Å². The van der Waals surface area contributed by atoms with Crippen LogP contribution in [0.5, 0.6) is 0 Å². The summed E-state index contributed by atoms with van der Waals surface area (Å²) in [6, 6.07) is 8.03. The van der Waals surface area contributed by atoms with E-state index < -0.39 is 17.8 Å². The van der Waals surface area contributed by atoms with Crippen LogP contribution in [0.15, 0.2) is 46.1 Å². The highest BCUT2D eigenvalue weighted by atomic mass is 79.9. The molecule has 0 radical (unpaired) electrons. The third kappa shape index (κ3) is 4.42. The minimum Gasteiger partial charge on any atom is -0.271 e. The van der Waals surface area contributed by atoms with Crippen LogP contribution in [-0.2, 0) is 17.5 Å². The van der Waals surface area contributed by atoms with E-state index in [1.54, 1.807) is 12.1 Å². The van der Waals surface area contributed by atoms with Gasteiger partial charge in [-0.15, -0.1) is 0 Å². The van der Waals surface area contributed by atoms with Gasteiger partial charge in [-0.05, 0) is 12.1 Å². The summed E-state index contributed by atoms with van der Waals surface area (Å²) in [4.78, 5) is 11.6. The molecule has 0 atom stereocenters. The number of nitrogens with zero attached hydrogens (tertiary/aromatic N) is 3. The number of hydrogen-bond acceptors (Lipinski definition) is 3. The molecule has 1 aromatic heterocycles. The van der Waals surface area contributed by atoms with Crippen LogP contribution in [0.25, 0.3) is 0 Å². The van der Waals surface area contributed by atoms with Gasteiger partial charge in [0.25, 0.3) is 5.91 Å². The molecule has 1 heterocycles. The highest BCUT2D eigenvalue weighted by Gasteiger charge is 2.33. The molecule has 1 N–H and O–H groups in total. The van der Waals surface area contributed by atoms with Gasteiger partial charge in [-0.3, -0.25) is 9.48 Å². The first-order valence-corrected chi connectivity index (χ1v) is 6.82. The lowest BCUT2D eigenvalue weighted by atomic mass is 10.2. The number of nitrogens with one attached hydrogen (secondary N) is 1. The number of halogens is 4. The highest BCUT2D eigenvalue weighted by Crippen LogP contribution is 2.27. The van der Waals surface area contributed by atoms with Gasteiger partial charge >= 0.3 is 6.18 Å². The fourth-order valence-corrected chi connectivity index (χ4v) is 1.92. The first-order valence-electron chi connectivity index (χ1n) is 6.03. The van der Waals surface area contributed by atoms with E-state index in [-0.39, 0.29) is 6.54 Å². The molecule has 0 aliphatic carbocycles. The molecule has 0 bridgehead atoms. The van der Waals surface area contributed by atoms with E-state index in [1.807, 2.05) is 12.1 Å². The Kier molecular flexibility index (Phi) is 4.96. The fourth-order valence-electron chi connectivity index (χ4n) is 1.54. The zero-order valence-electron chi connectivity index (χ0n) is 11.0. The number of benzene rings is 1. The molecule has 9 heteroatoms. The Hall–Kier alpha value is -2.16. The third-order valence-electron chi connectivity index (χ3n) is 2.53. The number of hydrazone groups is 1. The van der Waals surface area contributed by atoms with Gasteiger partial charge in [-0.1, -0.05) is 34.1 Å². The molecular weight excluding hydrogens is 365 g/mol. The second kappa shape index (κ2) is 6.73. The monoisotopic (exact) mass is 374 g/mol. The minimum absolute atomic E-state index is 0.358. The molecule has 0 unspecified atom stereocenters. The predicted molar refractivity (Wildman–Crippen MR) is 77.1 cm³/mol. The molecule has 2 rings (SSSR count). The maximum Gasteiger partial charge on any atom is 0.435 e. The predicted octanol–water partition coefficient (Wildman–Crippen LogP) is 2.81. The van der Waals surface area contributed by atoms with Crippen LogP contribution in [0.1, 0.15) is 11.3 Å². The fraction of sp³-hybridized carbons (Fsp3) is 0.154. The normalized spacial score (nSPS) is 11.8. The van der Waals surface area contributed by atoms with Gasteiger partial charge < -0.3 is 0 Å². The first-order chi connectivity index (χ1) is 10.4. The zero-order valence-corrected chi connectivity index (χ0v) is 12.6. The van der Waals surface area contributed by atoms with Crippen molar-refractivity contribution in [1.82, 2.24) is 15.2 Å². The Bertz CT molecular complexity index is 697. The number of alkyl halides is 3. The summed E-state index contributed by atoms with van der Waals surface area (Å²) in [6.45, 7) is -0.358. The Morgan fingerprint density at radius 3 is 2.73 bits per heavy atom. The number of carbonyl (C=O) groups is 1. The largest absolute Gasteiger partial charge is 0.435 e. The van der Waals surface area contributed by atoms with Crippen LogP contribution in [0.3, 0.4) is 0 Å². The van der Waals surface area contributed by atoms with E-state index in [2.05, 4.69) is 31.6 Å². The summed E-state index contributed by atoms with van der Waals surface area (Å²) in [5, 5.41) is 7.01. The van der Waals surface area contributed by atoms with Crippen molar-refractivity contribution < 1.29 is 18.0 Å². The summed E-state index contributed by atoms with van der Waals surface area (Å²) in [5.74, 6) is -0.583. The van der Waals surface area contributed by atoms with E-state index in [1.165, 1.54) is 6.21 Å². The quantitative estimate of drug-likeness (QED) is 0.660. The third-order valence-corrected chi connectivity index (χ3v) is 3.26. The topological polar surface area (TPSA) is 59.3 Å². The van der Waals surface area contributed by atoms with Crippen molar-refractivity contribution >= 4 is 28.1 Å². The van der Waals surface area contributed by atoms with Crippen LogP contribution >= 0.6 is 15.9 Å². The van der Waals surface area contributed by atoms with Gasteiger partial charge in [0.1, 0.15) is 6.54 Å². The van der Waals surface area contributed by atoms with Gasteiger partial charge in [0.2, 0.25) is 0 Å². The van der Waals surface area contributed by atoms with E-state index in [0.29, 0.717) is 0 Å². The second-order valence-electron chi connectivity index (χ2n) is 4.21. The van der Waals surface area contributed by atoms with E-state index in [0.717, 1.165) is 27.0 Å². The molecule has 0 saturated heterocycles. The molecule has 22 heavy (non-hydrogen) atoms. The van der Waals surface area contributed by atoms with E-state index in [9.17, 15) is 18.0 Å². The molecule has 1 amide bonds. The zero-order chi connectivity index (χ0) is 16.2. The van der Waals surface area contributed by atoms with Crippen LogP contribution < -0.4 is 5.43 Å². The molecule has 0 aliphatic heterocycles. The Morgan fingerprint density at radius 2 is 2.09 bits per heavy atom. The molecule has 1 aromatic carbocycles. The van der Waals surface area contributed by atoms with E-state index in [4.69, 9.17) is 0 Å². The molecule has 5 nitrogen and oxygen atoms in total. The van der Waals surface area contributed by atoms with Crippen molar-refractivity contribution in [2.45, 2.75) is 12.7 Å². The minimum atomic E-state index is -4.53. The molecule has 0 saturated carbocycles. The molecule has 0 aliphatic rings. The average molecular weight is 375 g/mol. The SMILES string of the molecule is O=C(Cn1ccc(C(F)(F)F)n1)N/N=C/c1ccccc1Br. The molecule has 2 aromatic rings. The molecular formula is C13H10BrF3N4O. The molecule has 0 spiro atoms. The Labute approximate surface area is 131 Å². The van der Waals surface area contributed by atoms with Crippen LogP contribution in [0.4, 0.5) is 13.2 Å². The summed E-state index contributed by atoms with van der Waals surface area (Å²) in [5.41, 5.74) is 1.93. The maximum atomic E-state index is 12.4. The van der Waals surface area contributed by atoms with Crippen molar-refractivity contribution in [3.05, 3.63) is 52.3 Å². The smallest absolute Gasteiger partial charge is 0.271 e. The Balaban J connectivity index is 1.91. The molecule has 0 fully saturated rings. The van der Waals surface area contributed by atoms with Crippen LogP contribution in [0, 0.1) is 0 Å². The molecule has 116 valence electrons. The van der Waals surface area contributed by atoms with Crippen molar-refractivity contribution in [1.29, 1.82) is 0 Å². The van der Waals surface area contributed by atoms with Gasteiger partial charge in [0.15, 0.2) is 5.69 Å². The van der Waals surface area contributed by atoms with Gasteiger partial charge in [-0.2, -0.15) is 23.4 Å². The number of hydrogen-bond donors (Lipinski definition) is 1. The lowest BCUT2D eigenvalue weighted by molar-refractivity contribution is -0.141. The van der Waals surface area contributed by atoms with Gasteiger partial charge in [0.05, 0.1) is 6.21 Å². The van der Waals surface area contributed by atoms with Gasteiger partial charge in [0, 0.05) is 16.2 Å². The van der Waals surface area contributed by atoms with Crippen molar-refractivity contribution in [2.24, 2.45) is 5.10 Å². The summed E-state index contributed by atoms with van der Waals surface area (Å²) in [6.07, 6.45) is -2.02. The second-order valence-corrected chi connectivity index (χ2v) is 5.07. The number of carbonyl (C=O) groups excluding carboxylic acids is 1. The number of rotatable bonds is 4. The number of amides is 1. The summed E-state index contributed by atoms with van der Waals surface area (Å²) in [7, 11) is 0. The average Bonchev–Trinajstić information content (AvgIpc) is 2.89. The van der Waals surface area contributed by atoms with Crippen molar-refractivity contribution in [2.75, 3.05) is 0 Å². The van der Waals surface area contributed by atoms with Crippen LogP contribution in [-0.4, -0.2) is 21.9 Å². The van der Waals surface area contributed by atoms with Crippen LogP contribution in [0.2, 0.25) is 0 Å². The lowest BCUT2D eigenvalue weighted by Gasteiger charge is -2.02. The van der Waals surface area contributed by atoms with Crippen molar-refractivity contribution in [3.8, 4) is 0 Å². The maximum absolute atomic E-state index is 12.4. The number of aromatic nitrogens is 2. The Morgan fingerprint density at radius 1 is 1.36 bits per heavy atom.